The molecule has 0 aliphatic carbocycles. The van der Waals surface area contributed by atoms with E-state index in [1.54, 1.807) is 12.3 Å². The van der Waals surface area contributed by atoms with Crippen molar-refractivity contribution >= 4 is 23.0 Å². The zero-order chi connectivity index (χ0) is 15.4. The van der Waals surface area contributed by atoms with Crippen LogP contribution in [0.15, 0.2) is 36.7 Å². The molecule has 2 aromatic heterocycles. The summed E-state index contributed by atoms with van der Waals surface area (Å²) in [5.41, 5.74) is 0.784. The molecule has 1 saturated heterocycles. The lowest BCUT2D eigenvalue weighted by atomic mass is 10.1. The highest BCUT2D eigenvalue weighted by atomic mass is 16.6. The van der Waals surface area contributed by atoms with Gasteiger partial charge in [-0.05, 0) is 37.5 Å². The Morgan fingerprint density at radius 1 is 1.05 bits per heavy atom. The molecule has 7 heteroatoms. The van der Waals surface area contributed by atoms with Crippen LogP contribution in [0.2, 0.25) is 0 Å². The number of aromatic nitrogens is 2. The second kappa shape index (κ2) is 6.38. The van der Waals surface area contributed by atoms with Gasteiger partial charge < -0.3 is 10.2 Å². The third-order valence-corrected chi connectivity index (χ3v) is 3.66. The highest BCUT2D eigenvalue weighted by Gasteiger charge is 2.11. The number of piperidine rings is 1. The molecule has 22 heavy (non-hydrogen) atoms. The highest BCUT2D eigenvalue weighted by Crippen LogP contribution is 2.21. The fraction of sp³-hybridized carbons (Fsp3) is 0.333. The Labute approximate surface area is 128 Å². The van der Waals surface area contributed by atoms with E-state index < -0.39 is 4.92 Å². The third kappa shape index (κ3) is 3.30. The largest absolute Gasteiger partial charge is 0.357 e. The van der Waals surface area contributed by atoms with Crippen molar-refractivity contribution < 1.29 is 4.92 Å². The zero-order valence-electron chi connectivity index (χ0n) is 12.1. The standard InChI is InChI=1S/C15H17N5O2/c21-20(22)13-5-6-14(16-11-13)18-12-4-7-15(17-10-12)19-8-2-1-3-9-19/h4-7,10-11H,1-3,8-9H2,(H,16,18). The third-order valence-electron chi connectivity index (χ3n) is 3.66. The van der Waals surface area contributed by atoms with E-state index in [1.807, 2.05) is 12.1 Å². The SMILES string of the molecule is O=[N+]([O-])c1ccc(Nc2ccc(N3CCCCC3)nc2)nc1. The van der Waals surface area contributed by atoms with Crippen LogP contribution in [0.5, 0.6) is 0 Å². The lowest BCUT2D eigenvalue weighted by Gasteiger charge is -2.27. The van der Waals surface area contributed by atoms with E-state index in [0.717, 1.165) is 24.6 Å². The molecule has 7 nitrogen and oxygen atoms in total. The van der Waals surface area contributed by atoms with E-state index in [1.165, 1.54) is 31.5 Å². The molecule has 0 aromatic carbocycles. The molecule has 0 bridgehead atoms. The number of nitrogens with one attached hydrogen (secondary N) is 1. The lowest BCUT2D eigenvalue weighted by Crippen LogP contribution is -2.29. The number of hydrogen-bond acceptors (Lipinski definition) is 6. The Morgan fingerprint density at radius 2 is 1.86 bits per heavy atom. The summed E-state index contributed by atoms with van der Waals surface area (Å²) in [6.45, 7) is 2.12. The van der Waals surface area contributed by atoms with Crippen LogP contribution in [0.4, 0.5) is 23.0 Å². The first-order chi connectivity index (χ1) is 10.7. The minimum atomic E-state index is -0.467. The summed E-state index contributed by atoms with van der Waals surface area (Å²) in [6, 6.07) is 6.93. The van der Waals surface area contributed by atoms with E-state index >= 15 is 0 Å². The second-order valence-corrected chi connectivity index (χ2v) is 5.24. The van der Waals surface area contributed by atoms with Crippen LogP contribution in [0.3, 0.4) is 0 Å². The zero-order valence-corrected chi connectivity index (χ0v) is 12.1. The summed E-state index contributed by atoms with van der Waals surface area (Å²) in [7, 11) is 0. The van der Waals surface area contributed by atoms with Crippen LogP contribution in [0.25, 0.3) is 0 Å². The summed E-state index contributed by atoms with van der Waals surface area (Å²) in [5, 5.41) is 13.7. The van der Waals surface area contributed by atoms with E-state index in [4.69, 9.17) is 0 Å². The Balaban J connectivity index is 1.66. The van der Waals surface area contributed by atoms with Gasteiger partial charge in [0.25, 0.3) is 5.69 Å². The van der Waals surface area contributed by atoms with Gasteiger partial charge in [-0.2, -0.15) is 0 Å². The molecular weight excluding hydrogens is 282 g/mol. The molecule has 1 aliphatic rings. The predicted molar refractivity (Wildman–Crippen MR) is 84.5 cm³/mol. The first-order valence-electron chi connectivity index (χ1n) is 7.31. The molecule has 0 atom stereocenters. The van der Waals surface area contributed by atoms with Crippen molar-refractivity contribution in [1.29, 1.82) is 0 Å². The normalized spacial score (nSPS) is 14.6. The van der Waals surface area contributed by atoms with E-state index in [2.05, 4.69) is 20.2 Å². The van der Waals surface area contributed by atoms with Crippen molar-refractivity contribution in [2.24, 2.45) is 0 Å². The fourth-order valence-electron chi connectivity index (χ4n) is 2.49. The molecular formula is C15H17N5O2. The van der Waals surface area contributed by atoms with Crippen LogP contribution in [-0.2, 0) is 0 Å². The van der Waals surface area contributed by atoms with E-state index in [9.17, 15) is 10.1 Å². The van der Waals surface area contributed by atoms with Gasteiger partial charge in [0, 0.05) is 19.2 Å². The summed E-state index contributed by atoms with van der Waals surface area (Å²) >= 11 is 0. The van der Waals surface area contributed by atoms with Crippen molar-refractivity contribution in [2.75, 3.05) is 23.3 Å². The monoisotopic (exact) mass is 299 g/mol. The van der Waals surface area contributed by atoms with Crippen LogP contribution in [0, 0.1) is 10.1 Å². The Hall–Kier alpha value is -2.70. The first kappa shape index (κ1) is 14.2. The first-order valence-corrected chi connectivity index (χ1v) is 7.31. The number of hydrogen-bond donors (Lipinski definition) is 1. The Bertz CT molecular complexity index is 636. The van der Waals surface area contributed by atoms with Gasteiger partial charge in [-0.3, -0.25) is 10.1 Å². The maximum atomic E-state index is 10.6. The van der Waals surface area contributed by atoms with Gasteiger partial charge in [-0.1, -0.05) is 0 Å². The molecule has 0 amide bonds. The van der Waals surface area contributed by atoms with Gasteiger partial charge >= 0.3 is 0 Å². The molecule has 1 aliphatic heterocycles. The van der Waals surface area contributed by atoms with E-state index in [0.29, 0.717) is 5.82 Å². The van der Waals surface area contributed by atoms with Crippen LogP contribution in [-0.4, -0.2) is 28.0 Å². The minimum Gasteiger partial charge on any atom is -0.357 e. The van der Waals surface area contributed by atoms with Gasteiger partial charge in [0.1, 0.15) is 17.8 Å². The Kier molecular flexibility index (Phi) is 4.13. The average molecular weight is 299 g/mol. The number of rotatable bonds is 4. The number of nitrogens with zero attached hydrogens (tertiary/aromatic N) is 4. The topological polar surface area (TPSA) is 84.2 Å². The van der Waals surface area contributed by atoms with Crippen LogP contribution < -0.4 is 10.2 Å². The molecule has 2 aromatic rings. The molecule has 114 valence electrons. The molecule has 0 radical (unpaired) electrons. The molecule has 3 rings (SSSR count). The lowest BCUT2D eigenvalue weighted by molar-refractivity contribution is -0.385. The highest BCUT2D eigenvalue weighted by molar-refractivity contribution is 5.57. The van der Waals surface area contributed by atoms with E-state index in [-0.39, 0.29) is 5.69 Å². The number of pyridine rings is 2. The van der Waals surface area contributed by atoms with Crippen molar-refractivity contribution in [3.8, 4) is 0 Å². The predicted octanol–water partition coefficient (Wildman–Crippen LogP) is 3.12. The summed E-state index contributed by atoms with van der Waals surface area (Å²) < 4.78 is 0. The van der Waals surface area contributed by atoms with Gasteiger partial charge in [0.15, 0.2) is 0 Å². The average Bonchev–Trinajstić information content (AvgIpc) is 2.57. The van der Waals surface area contributed by atoms with Crippen LogP contribution >= 0.6 is 0 Å². The van der Waals surface area contributed by atoms with Crippen molar-refractivity contribution in [2.45, 2.75) is 19.3 Å². The minimum absolute atomic E-state index is 0.0240. The molecule has 0 unspecified atom stereocenters. The quantitative estimate of drug-likeness (QED) is 0.689. The van der Waals surface area contributed by atoms with Crippen molar-refractivity contribution in [3.63, 3.8) is 0 Å². The maximum absolute atomic E-state index is 10.6. The summed E-state index contributed by atoms with van der Waals surface area (Å²) in [4.78, 5) is 20.9. The summed E-state index contributed by atoms with van der Waals surface area (Å²) in [6.07, 6.45) is 6.72. The molecule has 1 fully saturated rings. The number of anilines is 3. The van der Waals surface area contributed by atoms with Gasteiger partial charge in [-0.15, -0.1) is 0 Å². The fourth-order valence-corrected chi connectivity index (χ4v) is 2.49. The van der Waals surface area contributed by atoms with Gasteiger partial charge in [-0.25, -0.2) is 9.97 Å². The van der Waals surface area contributed by atoms with Crippen LogP contribution in [0.1, 0.15) is 19.3 Å². The molecule has 3 heterocycles. The maximum Gasteiger partial charge on any atom is 0.287 e. The number of nitro groups is 1. The molecule has 0 spiro atoms. The van der Waals surface area contributed by atoms with Crippen molar-refractivity contribution in [3.05, 3.63) is 46.8 Å². The Morgan fingerprint density at radius 3 is 2.45 bits per heavy atom. The molecule has 0 saturated carbocycles. The van der Waals surface area contributed by atoms with Crippen molar-refractivity contribution in [1.82, 2.24) is 9.97 Å². The summed E-state index contributed by atoms with van der Waals surface area (Å²) in [5.74, 6) is 1.54. The smallest absolute Gasteiger partial charge is 0.287 e. The van der Waals surface area contributed by atoms with Gasteiger partial charge in [0.05, 0.1) is 16.8 Å². The second-order valence-electron chi connectivity index (χ2n) is 5.24. The molecule has 1 N–H and O–H groups in total. The van der Waals surface area contributed by atoms with Gasteiger partial charge in [0.2, 0.25) is 0 Å².